The minimum Gasteiger partial charge on any atom is -0.331 e. The third-order valence-electron chi connectivity index (χ3n) is 3.54. The monoisotopic (exact) mass is 310 g/mol. The van der Waals surface area contributed by atoms with Gasteiger partial charge in [-0.2, -0.15) is 0 Å². The average Bonchev–Trinajstić information content (AvgIpc) is 3.00. The largest absolute Gasteiger partial charge is 0.331 e. The molecule has 2 N–H and O–H groups in total. The number of amides is 2. The van der Waals surface area contributed by atoms with E-state index in [0.29, 0.717) is 12.2 Å². The molecule has 23 heavy (non-hydrogen) atoms. The number of nitrogens with one attached hydrogen (secondary N) is 2. The summed E-state index contributed by atoms with van der Waals surface area (Å²) < 4.78 is 1.88. The lowest BCUT2D eigenvalue weighted by atomic mass is 10.1. The SMILES string of the molecule is CCn1cnnc1CNC(=O)Nc1cc(C)cc2cccnc12. The summed E-state index contributed by atoms with van der Waals surface area (Å²) in [5, 5.41) is 14.5. The molecule has 3 aromatic rings. The molecule has 2 amide bonds. The maximum Gasteiger partial charge on any atom is 0.319 e. The molecule has 0 saturated heterocycles. The first-order chi connectivity index (χ1) is 11.2. The highest BCUT2D eigenvalue weighted by molar-refractivity contribution is 5.99. The second-order valence-electron chi connectivity index (χ2n) is 5.23. The van der Waals surface area contributed by atoms with Gasteiger partial charge in [0.2, 0.25) is 0 Å². The highest BCUT2D eigenvalue weighted by Gasteiger charge is 2.09. The van der Waals surface area contributed by atoms with Crippen molar-refractivity contribution in [3.8, 4) is 0 Å². The number of aryl methyl sites for hydroxylation is 2. The predicted octanol–water partition coefficient (Wildman–Crippen LogP) is 2.48. The summed E-state index contributed by atoms with van der Waals surface area (Å²) in [6.45, 7) is 5.06. The summed E-state index contributed by atoms with van der Waals surface area (Å²) in [4.78, 5) is 16.5. The fourth-order valence-corrected chi connectivity index (χ4v) is 2.44. The lowest BCUT2D eigenvalue weighted by molar-refractivity contribution is 0.251. The maximum absolute atomic E-state index is 12.2. The van der Waals surface area contributed by atoms with Crippen LogP contribution in [0.2, 0.25) is 0 Å². The lowest BCUT2D eigenvalue weighted by Gasteiger charge is -2.10. The van der Waals surface area contributed by atoms with Gasteiger partial charge >= 0.3 is 6.03 Å². The number of fused-ring (bicyclic) bond motifs is 1. The van der Waals surface area contributed by atoms with Crippen molar-refractivity contribution in [1.29, 1.82) is 0 Å². The van der Waals surface area contributed by atoms with Crippen LogP contribution in [-0.2, 0) is 13.1 Å². The van der Waals surface area contributed by atoms with Crippen LogP contribution >= 0.6 is 0 Å². The molecule has 0 fully saturated rings. The Bertz CT molecular complexity index is 841. The molecular formula is C16H18N6O. The Kier molecular flexibility index (Phi) is 4.18. The van der Waals surface area contributed by atoms with Crippen LogP contribution in [-0.4, -0.2) is 25.8 Å². The van der Waals surface area contributed by atoms with Crippen LogP contribution in [0.15, 0.2) is 36.8 Å². The van der Waals surface area contributed by atoms with Gasteiger partial charge in [-0.05, 0) is 37.6 Å². The Labute approximate surface area is 133 Å². The van der Waals surface area contributed by atoms with E-state index < -0.39 is 0 Å². The van der Waals surface area contributed by atoms with Gasteiger partial charge in [-0.15, -0.1) is 10.2 Å². The number of pyridine rings is 1. The van der Waals surface area contributed by atoms with Crippen molar-refractivity contribution >= 4 is 22.6 Å². The van der Waals surface area contributed by atoms with Crippen LogP contribution in [0, 0.1) is 6.92 Å². The first kappa shape index (κ1) is 15.0. The van der Waals surface area contributed by atoms with E-state index in [1.165, 1.54) is 0 Å². The number of aromatic nitrogens is 4. The van der Waals surface area contributed by atoms with Crippen molar-refractivity contribution < 1.29 is 4.79 Å². The lowest BCUT2D eigenvalue weighted by Crippen LogP contribution is -2.29. The van der Waals surface area contributed by atoms with Gasteiger partial charge in [-0.1, -0.05) is 6.07 Å². The van der Waals surface area contributed by atoms with E-state index >= 15 is 0 Å². The van der Waals surface area contributed by atoms with E-state index in [1.807, 2.05) is 42.7 Å². The van der Waals surface area contributed by atoms with E-state index in [-0.39, 0.29) is 6.03 Å². The minimum atomic E-state index is -0.298. The zero-order valence-corrected chi connectivity index (χ0v) is 13.1. The summed E-state index contributed by atoms with van der Waals surface area (Å²) in [5.74, 6) is 0.717. The minimum absolute atomic E-state index is 0.298. The first-order valence-electron chi connectivity index (χ1n) is 7.44. The molecule has 0 radical (unpaired) electrons. The van der Waals surface area contributed by atoms with Crippen molar-refractivity contribution in [3.05, 3.63) is 48.2 Å². The van der Waals surface area contributed by atoms with Crippen molar-refractivity contribution in [1.82, 2.24) is 25.1 Å². The molecule has 7 nitrogen and oxygen atoms in total. The molecule has 2 aromatic heterocycles. The predicted molar refractivity (Wildman–Crippen MR) is 88.0 cm³/mol. The molecule has 0 aliphatic carbocycles. The Morgan fingerprint density at radius 1 is 1.35 bits per heavy atom. The fourth-order valence-electron chi connectivity index (χ4n) is 2.44. The van der Waals surface area contributed by atoms with Gasteiger partial charge in [0.15, 0.2) is 5.82 Å². The molecule has 0 bridgehead atoms. The zero-order valence-electron chi connectivity index (χ0n) is 13.1. The Morgan fingerprint density at radius 2 is 2.22 bits per heavy atom. The van der Waals surface area contributed by atoms with Gasteiger partial charge < -0.3 is 15.2 Å². The molecule has 0 aliphatic rings. The van der Waals surface area contributed by atoms with Crippen LogP contribution in [0.25, 0.3) is 10.9 Å². The number of hydrogen-bond donors (Lipinski definition) is 2. The number of nitrogens with zero attached hydrogens (tertiary/aromatic N) is 4. The van der Waals surface area contributed by atoms with Crippen LogP contribution < -0.4 is 10.6 Å². The Morgan fingerprint density at radius 3 is 3.04 bits per heavy atom. The van der Waals surface area contributed by atoms with Crippen molar-refractivity contribution in [2.75, 3.05) is 5.32 Å². The second kappa shape index (κ2) is 6.43. The summed E-state index contributed by atoms with van der Waals surface area (Å²) in [5.41, 5.74) is 2.52. The van der Waals surface area contributed by atoms with E-state index in [9.17, 15) is 4.79 Å². The number of carbonyl (C=O) groups excluding carboxylic acids is 1. The number of anilines is 1. The van der Waals surface area contributed by atoms with Crippen LogP contribution in [0.4, 0.5) is 10.5 Å². The molecule has 3 rings (SSSR count). The Hall–Kier alpha value is -2.96. The summed E-state index contributed by atoms with van der Waals surface area (Å²) >= 11 is 0. The highest BCUT2D eigenvalue weighted by atomic mass is 16.2. The Balaban J connectivity index is 1.73. The van der Waals surface area contributed by atoms with Gasteiger partial charge in [-0.3, -0.25) is 4.98 Å². The van der Waals surface area contributed by atoms with Gasteiger partial charge in [0.1, 0.15) is 6.33 Å². The van der Waals surface area contributed by atoms with Gasteiger partial charge in [-0.25, -0.2) is 4.79 Å². The molecule has 1 aromatic carbocycles. The zero-order chi connectivity index (χ0) is 16.2. The number of carbonyl (C=O) groups is 1. The van der Waals surface area contributed by atoms with Crippen molar-refractivity contribution in [3.63, 3.8) is 0 Å². The summed E-state index contributed by atoms with van der Waals surface area (Å²) in [6, 6.07) is 7.50. The highest BCUT2D eigenvalue weighted by Crippen LogP contribution is 2.23. The average molecular weight is 310 g/mol. The van der Waals surface area contributed by atoms with E-state index in [0.717, 1.165) is 28.8 Å². The molecule has 0 unspecified atom stereocenters. The van der Waals surface area contributed by atoms with Gasteiger partial charge in [0, 0.05) is 18.1 Å². The standard InChI is InChI=1S/C16H18N6O/c1-3-22-10-19-21-14(22)9-18-16(23)20-13-8-11(2)7-12-5-4-6-17-15(12)13/h4-8,10H,3,9H2,1-2H3,(H2,18,20,23). The third-order valence-corrected chi connectivity index (χ3v) is 3.54. The topological polar surface area (TPSA) is 84.7 Å². The third kappa shape index (κ3) is 3.28. The molecule has 0 saturated carbocycles. The molecule has 7 heteroatoms. The van der Waals surface area contributed by atoms with Crippen molar-refractivity contribution in [2.45, 2.75) is 26.9 Å². The van der Waals surface area contributed by atoms with Crippen LogP contribution in [0.3, 0.4) is 0 Å². The molecular weight excluding hydrogens is 292 g/mol. The number of rotatable bonds is 4. The number of hydrogen-bond acceptors (Lipinski definition) is 4. The summed E-state index contributed by atoms with van der Waals surface area (Å²) in [6.07, 6.45) is 3.36. The van der Waals surface area contributed by atoms with Gasteiger partial charge in [0.05, 0.1) is 17.7 Å². The molecule has 0 atom stereocenters. The van der Waals surface area contributed by atoms with Crippen LogP contribution in [0.5, 0.6) is 0 Å². The van der Waals surface area contributed by atoms with Crippen molar-refractivity contribution in [2.24, 2.45) is 0 Å². The first-order valence-corrected chi connectivity index (χ1v) is 7.44. The summed E-state index contributed by atoms with van der Waals surface area (Å²) in [7, 11) is 0. The smallest absolute Gasteiger partial charge is 0.319 e. The second-order valence-corrected chi connectivity index (χ2v) is 5.23. The van der Waals surface area contributed by atoms with E-state index in [2.05, 4.69) is 25.8 Å². The van der Waals surface area contributed by atoms with E-state index in [4.69, 9.17) is 0 Å². The fraction of sp³-hybridized carbons (Fsp3) is 0.250. The number of urea groups is 1. The normalized spacial score (nSPS) is 10.7. The molecule has 2 heterocycles. The molecule has 118 valence electrons. The van der Waals surface area contributed by atoms with E-state index in [1.54, 1.807) is 12.5 Å². The van der Waals surface area contributed by atoms with Crippen LogP contribution in [0.1, 0.15) is 18.3 Å². The maximum atomic E-state index is 12.2. The molecule has 0 aliphatic heterocycles. The molecule has 0 spiro atoms. The number of benzene rings is 1. The van der Waals surface area contributed by atoms with Gasteiger partial charge in [0.25, 0.3) is 0 Å². The quantitative estimate of drug-likeness (QED) is 0.775.